The Morgan fingerprint density at radius 2 is 1.57 bits per heavy atom. The van der Waals surface area contributed by atoms with Crippen LogP contribution in [0.5, 0.6) is 5.75 Å². The van der Waals surface area contributed by atoms with Crippen LogP contribution >= 0.6 is 0 Å². The van der Waals surface area contributed by atoms with Crippen LogP contribution in [-0.4, -0.2) is 26.9 Å². The zero-order chi connectivity index (χ0) is 19.5. The third-order valence-corrected chi connectivity index (χ3v) is 5.15. The number of anilines is 2. The van der Waals surface area contributed by atoms with Crippen LogP contribution in [0.3, 0.4) is 0 Å². The van der Waals surface area contributed by atoms with Gasteiger partial charge in [0.1, 0.15) is 5.75 Å². The summed E-state index contributed by atoms with van der Waals surface area (Å²) in [6.07, 6.45) is 0.864. The summed E-state index contributed by atoms with van der Waals surface area (Å²) in [5, 5.41) is 7.14. The highest BCUT2D eigenvalue weighted by molar-refractivity contribution is 6.03. The Morgan fingerprint density at radius 3 is 2.18 bits per heavy atom. The molecule has 3 aromatic rings. The summed E-state index contributed by atoms with van der Waals surface area (Å²) in [6, 6.07) is 27.5. The Balaban J connectivity index is 1.69. The topological polar surface area (TPSA) is 28.1 Å². The van der Waals surface area contributed by atoms with Gasteiger partial charge < -0.3 is 9.64 Å². The molecule has 142 valence electrons. The molecule has 0 aromatic heterocycles. The predicted molar refractivity (Wildman–Crippen MR) is 117 cm³/mol. The molecule has 0 saturated heterocycles. The second-order valence-electron chi connectivity index (χ2n) is 7.16. The third kappa shape index (κ3) is 3.58. The van der Waals surface area contributed by atoms with Gasteiger partial charge in [-0.25, -0.2) is 0 Å². The second kappa shape index (κ2) is 7.77. The van der Waals surface area contributed by atoms with E-state index < -0.39 is 0 Å². The molecule has 0 spiro atoms. The quantitative estimate of drug-likeness (QED) is 0.623. The summed E-state index contributed by atoms with van der Waals surface area (Å²) in [5.41, 5.74) is 5.79. The Labute approximate surface area is 166 Å². The minimum atomic E-state index is 0.177. The van der Waals surface area contributed by atoms with Crippen molar-refractivity contribution in [2.75, 3.05) is 31.1 Å². The molecule has 1 unspecified atom stereocenters. The molecule has 4 rings (SSSR count). The molecule has 28 heavy (non-hydrogen) atoms. The average Bonchev–Trinajstić information content (AvgIpc) is 3.20. The van der Waals surface area contributed by atoms with Gasteiger partial charge in [0.05, 0.1) is 24.6 Å². The van der Waals surface area contributed by atoms with Gasteiger partial charge >= 0.3 is 0 Å². The van der Waals surface area contributed by atoms with E-state index in [9.17, 15) is 0 Å². The molecule has 0 N–H and O–H groups in total. The van der Waals surface area contributed by atoms with E-state index in [0.717, 1.165) is 29.1 Å². The molecule has 0 fully saturated rings. The first-order chi connectivity index (χ1) is 13.7. The van der Waals surface area contributed by atoms with Gasteiger partial charge in [0.15, 0.2) is 0 Å². The third-order valence-electron chi connectivity index (χ3n) is 5.15. The summed E-state index contributed by atoms with van der Waals surface area (Å²) in [5.74, 6) is 0.859. The first-order valence-electron chi connectivity index (χ1n) is 9.49. The van der Waals surface area contributed by atoms with Gasteiger partial charge in [0.2, 0.25) is 0 Å². The zero-order valence-corrected chi connectivity index (χ0v) is 16.5. The van der Waals surface area contributed by atoms with Crippen molar-refractivity contribution in [1.29, 1.82) is 0 Å². The maximum Gasteiger partial charge on any atom is 0.118 e. The van der Waals surface area contributed by atoms with Crippen LogP contribution in [0.2, 0.25) is 0 Å². The monoisotopic (exact) mass is 371 g/mol. The smallest absolute Gasteiger partial charge is 0.118 e. The summed E-state index contributed by atoms with van der Waals surface area (Å²) in [4.78, 5) is 2.12. The summed E-state index contributed by atoms with van der Waals surface area (Å²) in [6.45, 7) is 0. The lowest BCUT2D eigenvalue weighted by Gasteiger charge is -2.24. The van der Waals surface area contributed by atoms with E-state index in [0.29, 0.717) is 0 Å². The van der Waals surface area contributed by atoms with Gasteiger partial charge in [0.25, 0.3) is 0 Å². The molecule has 0 saturated carbocycles. The highest BCUT2D eigenvalue weighted by Crippen LogP contribution is 2.37. The number of hydrogen-bond acceptors (Lipinski definition) is 4. The minimum absolute atomic E-state index is 0.177. The fraction of sp³-hybridized carbons (Fsp3) is 0.208. The van der Waals surface area contributed by atoms with Crippen molar-refractivity contribution in [2.24, 2.45) is 5.10 Å². The highest BCUT2D eigenvalue weighted by Gasteiger charge is 2.29. The molecule has 1 aliphatic rings. The lowest BCUT2D eigenvalue weighted by Crippen LogP contribution is -2.18. The Morgan fingerprint density at radius 1 is 0.893 bits per heavy atom. The van der Waals surface area contributed by atoms with Crippen LogP contribution in [-0.2, 0) is 0 Å². The van der Waals surface area contributed by atoms with Gasteiger partial charge in [-0.1, -0.05) is 30.3 Å². The summed E-state index contributed by atoms with van der Waals surface area (Å²) in [7, 11) is 5.81. The molecule has 0 radical (unpaired) electrons. The SMILES string of the molecule is COc1ccc(C2=NN(c3ccccc3)C(c3ccc(N(C)C)cc3)C2)cc1. The Kier molecular flexibility index (Phi) is 5.02. The fourth-order valence-corrected chi connectivity index (χ4v) is 3.54. The number of benzene rings is 3. The molecular weight excluding hydrogens is 346 g/mol. The largest absolute Gasteiger partial charge is 0.497 e. The summed E-state index contributed by atoms with van der Waals surface area (Å²) >= 11 is 0. The van der Waals surface area contributed by atoms with Crippen LogP contribution in [0.1, 0.15) is 23.6 Å². The molecule has 0 bridgehead atoms. The molecule has 4 nitrogen and oxygen atoms in total. The fourth-order valence-electron chi connectivity index (χ4n) is 3.54. The van der Waals surface area contributed by atoms with E-state index in [2.05, 4.69) is 84.7 Å². The number of ether oxygens (including phenoxy) is 1. The highest BCUT2D eigenvalue weighted by atomic mass is 16.5. The molecule has 1 atom stereocenters. The van der Waals surface area contributed by atoms with E-state index in [1.807, 2.05) is 18.2 Å². The number of nitrogens with zero attached hydrogens (tertiary/aromatic N) is 3. The number of rotatable bonds is 5. The van der Waals surface area contributed by atoms with Gasteiger partial charge in [0, 0.05) is 26.2 Å². The molecule has 3 aromatic carbocycles. The number of hydrazone groups is 1. The molecule has 0 amide bonds. The maximum absolute atomic E-state index is 5.29. The van der Waals surface area contributed by atoms with E-state index in [-0.39, 0.29) is 6.04 Å². The lowest BCUT2D eigenvalue weighted by molar-refractivity contribution is 0.415. The minimum Gasteiger partial charge on any atom is -0.497 e. The first kappa shape index (κ1) is 18.1. The van der Waals surface area contributed by atoms with Crippen LogP contribution in [0.25, 0.3) is 0 Å². The van der Waals surface area contributed by atoms with Crippen LogP contribution in [0.15, 0.2) is 84.0 Å². The van der Waals surface area contributed by atoms with Crippen LogP contribution in [0, 0.1) is 0 Å². The van der Waals surface area contributed by atoms with Crippen molar-refractivity contribution in [1.82, 2.24) is 0 Å². The van der Waals surface area contributed by atoms with Gasteiger partial charge in [-0.05, 0) is 59.7 Å². The molecule has 1 aliphatic heterocycles. The number of methoxy groups -OCH3 is 1. The van der Waals surface area contributed by atoms with Gasteiger partial charge in [-0.2, -0.15) is 5.10 Å². The zero-order valence-electron chi connectivity index (χ0n) is 16.5. The van der Waals surface area contributed by atoms with Crippen molar-refractivity contribution in [3.63, 3.8) is 0 Å². The van der Waals surface area contributed by atoms with Gasteiger partial charge in [-0.15, -0.1) is 0 Å². The van der Waals surface area contributed by atoms with Crippen LogP contribution in [0.4, 0.5) is 11.4 Å². The van der Waals surface area contributed by atoms with Crippen molar-refractivity contribution in [2.45, 2.75) is 12.5 Å². The van der Waals surface area contributed by atoms with Gasteiger partial charge in [-0.3, -0.25) is 5.01 Å². The van der Waals surface area contributed by atoms with E-state index in [1.165, 1.54) is 11.3 Å². The number of hydrogen-bond donors (Lipinski definition) is 0. The molecule has 4 heteroatoms. The Hall–Kier alpha value is -3.27. The van der Waals surface area contributed by atoms with E-state index in [4.69, 9.17) is 9.84 Å². The van der Waals surface area contributed by atoms with E-state index >= 15 is 0 Å². The standard InChI is InChI=1S/C24H25N3O/c1-26(2)20-13-9-19(10-14-20)24-17-23(18-11-15-22(28-3)16-12-18)25-27(24)21-7-5-4-6-8-21/h4-16,24H,17H2,1-3H3. The average molecular weight is 371 g/mol. The van der Waals surface area contributed by atoms with Crippen molar-refractivity contribution in [3.05, 3.63) is 90.0 Å². The lowest BCUT2D eigenvalue weighted by atomic mass is 9.98. The normalized spacial score (nSPS) is 16.0. The van der Waals surface area contributed by atoms with Crippen molar-refractivity contribution >= 4 is 17.1 Å². The second-order valence-corrected chi connectivity index (χ2v) is 7.16. The van der Waals surface area contributed by atoms with E-state index in [1.54, 1.807) is 7.11 Å². The molecule has 1 heterocycles. The van der Waals surface area contributed by atoms with Crippen molar-refractivity contribution < 1.29 is 4.74 Å². The van der Waals surface area contributed by atoms with Crippen molar-refractivity contribution in [3.8, 4) is 5.75 Å². The number of para-hydroxylation sites is 1. The molecular formula is C24H25N3O. The maximum atomic E-state index is 5.29. The Bertz CT molecular complexity index is 947. The predicted octanol–water partition coefficient (Wildman–Crippen LogP) is 5.12. The van der Waals surface area contributed by atoms with Crippen LogP contribution < -0.4 is 14.6 Å². The first-order valence-corrected chi connectivity index (χ1v) is 9.49. The summed E-state index contributed by atoms with van der Waals surface area (Å²) < 4.78 is 5.29. The molecule has 0 aliphatic carbocycles.